The van der Waals surface area contributed by atoms with Gasteiger partial charge in [-0.2, -0.15) is 0 Å². The Kier molecular flexibility index (Phi) is 5.43. The maximum absolute atomic E-state index is 14.1. The summed E-state index contributed by atoms with van der Waals surface area (Å²) in [5.41, 5.74) is 0.832. The number of halogens is 1. The highest BCUT2D eigenvalue weighted by Crippen LogP contribution is 2.20. The van der Waals surface area contributed by atoms with Crippen molar-refractivity contribution in [3.8, 4) is 0 Å². The zero-order valence-electron chi connectivity index (χ0n) is 12.9. The smallest absolute Gasteiger partial charge is 0.254 e. The zero-order chi connectivity index (χ0) is 16.1. The molecule has 0 saturated carbocycles. The van der Waals surface area contributed by atoms with E-state index in [1.165, 1.54) is 6.07 Å². The van der Waals surface area contributed by atoms with Crippen molar-refractivity contribution in [3.63, 3.8) is 0 Å². The van der Waals surface area contributed by atoms with Crippen LogP contribution < -0.4 is 16.0 Å². The molecule has 3 rings (SSSR count). The van der Waals surface area contributed by atoms with Gasteiger partial charge in [-0.3, -0.25) is 4.79 Å². The molecule has 0 bridgehead atoms. The lowest BCUT2D eigenvalue weighted by Gasteiger charge is -2.22. The van der Waals surface area contributed by atoms with Gasteiger partial charge < -0.3 is 25.4 Å². The van der Waals surface area contributed by atoms with Gasteiger partial charge in [-0.05, 0) is 31.0 Å². The van der Waals surface area contributed by atoms with E-state index in [4.69, 9.17) is 9.47 Å². The minimum Gasteiger partial charge on any atom is -0.380 e. The molecular formula is C16H22FN3O3. The van der Waals surface area contributed by atoms with Crippen molar-refractivity contribution >= 4 is 17.3 Å². The molecule has 2 unspecified atom stereocenters. The molecule has 0 aromatic heterocycles. The number of hydrogen-bond donors (Lipinski definition) is 3. The first kappa shape index (κ1) is 16.2. The second kappa shape index (κ2) is 7.72. The Morgan fingerprint density at radius 1 is 1.35 bits per heavy atom. The first-order valence-corrected chi connectivity index (χ1v) is 8.00. The maximum Gasteiger partial charge on any atom is 0.254 e. The number of hydrogen-bond acceptors (Lipinski definition) is 5. The molecule has 0 aliphatic carbocycles. The summed E-state index contributed by atoms with van der Waals surface area (Å²) in [5.74, 6) is -0.667. The lowest BCUT2D eigenvalue weighted by Crippen LogP contribution is -2.45. The van der Waals surface area contributed by atoms with Gasteiger partial charge in [-0.15, -0.1) is 0 Å². The molecule has 2 fully saturated rings. The standard InChI is InChI=1S/C16H22FN3O3/c17-13-8-11(20-16(21)15-10-18-5-7-23-15)3-4-14(13)19-9-12-2-1-6-22-12/h3-4,8,12,15,18-19H,1-2,5-7,9-10H2,(H,20,21). The third-order valence-corrected chi connectivity index (χ3v) is 4.00. The Balaban J connectivity index is 1.54. The van der Waals surface area contributed by atoms with Crippen LogP contribution >= 0.6 is 0 Å². The number of nitrogens with one attached hydrogen (secondary N) is 3. The highest BCUT2D eigenvalue weighted by atomic mass is 19.1. The van der Waals surface area contributed by atoms with Crippen LogP contribution in [0.15, 0.2) is 18.2 Å². The molecule has 2 aliphatic heterocycles. The van der Waals surface area contributed by atoms with Crippen molar-refractivity contribution in [2.45, 2.75) is 25.0 Å². The van der Waals surface area contributed by atoms with Crippen molar-refractivity contribution < 1.29 is 18.7 Å². The van der Waals surface area contributed by atoms with E-state index in [1.807, 2.05) is 0 Å². The minimum absolute atomic E-state index is 0.143. The van der Waals surface area contributed by atoms with Crippen LogP contribution in [0.4, 0.5) is 15.8 Å². The van der Waals surface area contributed by atoms with Gasteiger partial charge in [-0.1, -0.05) is 0 Å². The van der Waals surface area contributed by atoms with Crippen molar-refractivity contribution in [2.75, 3.05) is 43.5 Å². The number of benzene rings is 1. The molecule has 0 spiro atoms. The molecule has 7 heteroatoms. The van der Waals surface area contributed by atoms with Gasteiger partial charge in [-0.25, -0.2) is 4.39 Å². The van der Waals surface area contributed by atoms with Gasteiger partial charge in [0, 0.05) is 31.9 Å². The van der Waals surface area contributed by atoms with Gasteiger partial charge in [0.1, 0.15) is 11.9 Å². The van der Waals surface area contributed by atoms with E-state index in [0.29, 0.717) is 31.1 Å². The summed E-state index contributed by atoms with van der Waals surface area (Å²) < 4.78 is 25.0. The van der Waals surface area contributed by atoms with Crippen molar-refractivity contribution in [2.24, 2.45) is 0 Å². The predicted molar refractivity (Wildman–Crippen MR) is 85.1 cm³/mol. The summed E-state index contributed by atoms with van der Waals surface area (Å²) >= 11 is 0. The van der Waals surface area contributed by atoms with Crippen LogP contribution in [0.2, 0.25) is 0 Å². The molecule has 2 saturated heterocycles. The normalized spacial score (nSPS) is 24.4. The Morgan fingerprint density at radius 3 is 2.96 bits per heavy atom. The van der Waals surface area contributed by atoms with E-state index in [1.54, 1.807) is 12.1 Å². The quantitative estimate of drug-likeness (QED) is 0.763. The Morgan fingerprint density at radius 2 is 2.26 bits per heavy atom. The van der Waals surface area contributed by atoms with E-state index in [2.05, 4.69) is 16.0 Å². The largest absolute Gasteiger partial charge is 0.380 e. The van der Waals surface area contributed by atoms with Gasteiger partial charge >= 0.3 is 0 Å². The van der Waals surface area contributed by atoms with Crippen molar-refractivity contribution in [1.82, 2.24) is 5.32 Å². The molecule has 0 radical (unpaired) electrons. The molecule has 1 aromatic carbocycles. The van der Waals surface area contributed by atoms with Crippen LogP contribution in [0.1, 0.15) is 12.8 Å². The number of carbonyl (C=O) groups is 1. The Labute approximate surface area is 134 Å². The molecule has 3 N–H and O–H groups in total. The van der Waals surface area contributed by atoms with Crippen molar-refractivity contribution in [1.29, 1.82) is 0 Å². The van der Waals surface area contributed by atoms with E-state index in [9.17, 15) is 9.18 Å². The number of carbonyl (C=O) groups excluding carboxylic acids is 1. The molecule has 6 nitrogen and oxygen atoms in total. The minimum atomic E-state index is -0.538. The van der Waals surface area contributed by atoms with Crippen LogP contribution in [0.5, 0.6) is 0 Å². The van der Waals surface area contributed by atoms with E-state index >= 15 is 0 Å². The highest BCUT2D eigenvalue weighted by Gasteiger charge is 2.22. The molecule has 126 valence electrons. The predicted octanol–water partition coefficient (Wildman–Crippen LogP) is 1.34. The second-order valence-electron chi connectivity index (χ2n) is 5.76. The Hall–Kier alpha value is -1.70. The molecular weight excluding hydrogens is 301 g/mol. The lowest BCUT2D eigenvalue weighted by atomic mass is 10.2. The van der Waals surface area contributed by atoms with Gasteiger partial charge in [0.05, 0.1) is 18.4 Å². The summed E-state index contributed by atoms with van der Waals surface area (Å²) in [4.78, 5) is 12.0. The number of rotatable bonds is 5. The second-order valence-corrected chi connectivity index (χ2v) is 5.76. The van der Waals surface area contributed by atoms with Gasteiger partial charge in [0.2, 0.25) is 0 Å². The fourth-order valence-electron chi connectivity index (χ4n) is 2.72. The summed E-state index contributed by atoms with van der Waals surface area (Å²) in [7, 11) is 0. The average Bonchev–Trinajstić information content (AvgIpc) is 3.08. The van der Waals surface area contributed by atoms with Crippen LogP contribution in [0.3, 0.4) is 0 Å². The molecule has 23 heavy (non-hydrogen) atoms. The number of anilines is 2. The maximum atomic E-state index is 14.1. The Bertz CT molecular complexity index is 543. The van der Waals surface area contributed by atoms with Crippen LogP contribution in [-0.4, -0.2) is 51.0 Å². The SMILES string of the molecule is O=C(Nc1ccc(NCC2CCCO2)c(F)c1)C1CNCCO1. The molecule has 1 aromatic rings. The molecule has 1 amide bonds. The molecule has 2 atom stereocenters. The topological polar surface area (TPSA) is 71.6 Å². The third-order valence-electron chi connectivity index (χ3n) is 4.00. The number of amides is 1. The van der Waals surface area contributed by atoms with E-state index < -0.39 is 11.9 Å². The summed E-state index contributed by atoms with van der Waals surface area (Å²) in [6.07, 6.45) is 1.66. The monoisotopic (exact) mass is 323 g/mol. The number of morpholine rings is 1. The van der Waals surface area contributed by atoms with Crippen LogP contribution in [0, 0.1) is 5.82 Å². The highest BCUT2D eigenvalue weighted by molar-refractivity contribution is 5.94. The van der Waals surface area contributed by atoms with Gasteiger partial charge in [0.15, 0.2) is 0 Å². The molecule has 2 heterocycles. The fourth-order valence-corrected chi connectivity index (χ4v) is 2.72. The average molecular weight is 323 g/mol. The first-order valence-electron chi connectivity index (χ1n) is 8.00. The van der Waals surface area contributed by atoms with Crippen LogP contribution in [-0.2, 0) is 14.3 Å². The fraction of sp³-hybridized carbons (Fsp3) is 0.562. The zero-order valence-corrected chi connectivity index (χ0v) is 12.9. The molecule has 2 aliphatic rings. The van der Waals surface area contributed by atoms with Crippen LogP contribution in [0.25, 0.3) is 0 Å². The van der Waals surface area contributed by atoms with Crippen molar-refractivity contribution in [3.05, 3.63) is 24.0 Å². The van der Waals surface area contributed by atoms with E-state index in [-0.39, 0.29) is 12.0 Å². The summed E-state index contributed by atoms with van der Waals surface area (Å²) in [6, 6.07) is 4.61. The summed E-state index contributed by atoms with van der Waals surface area (Å²) in [6.45, 7) is 3.07. The number of ether oxygens (including phenoxy) is 2. The summed E-state index contributed by atoms with van der Waals surface area (Å²) in [5, 5.41) is 8.82. The van der Waals surface area contributed by atoms with Gasteiger partial charge in [0.25, 0.3) is 5.91 Å². The first-order chi connectivity index (χ1) is 11.2. The van der Waals surface area contributed by atoms with E-state index in [0.717, 1.165) is 26.0 Å². The lowest BCUT2D eigenvalue weighted by molar-refractivity contribution is -0.128. The third kappa shape index (κ3) is 4.40.